The molecule has 1 aliphatic rings. The van der Waals surface area contributed by atoms with Gasteiger partial charge < -0.3 is 19.2 Å². The van der Waals surface area contributed by atoms with Crippen LogP contribution in [-0.2, 0) is 20.9 Å². The molecule has 0 unspecified atom stereocenters. The first-order valence-corrected chi connectivity index (χ1v) is 11.3. The minimum atomic E-state index is -0.435. The Morgan fingerprint density at radius 1 is 0.938 bits per heavy atom. The third-order valence-corrected chi connectivity index (χ3v) is 5.67. The fourth-order valence-corrected chi connectivity index (χ4v) is 4.15. The summed E-state index contributed by atoms with van der Waals surface area (Å²) < 4.78 is 11.4. The van der Waals surface area contributed by atoms with Gasteiger partial charge in [-0.25, -0.2) is 4.79 Å². The summed E-state index contributed by atoms with van der Waals surface area (Å²) in [7, 11) is 0. The van der Waals surface area contributed by atoms with Crippen molar-refractivity contribution in [2.75, 3.05) is 6.61 Å². The average molecular weight is 438 g/mol. The lowest BCUT2D eigenvalue weighted by Crippen LogP contribution is -2.53. The zero-order chi connectivity index (χ0) is 22.6. The van der Waals surface area contributed by atoms with Gasteiger partial charge >= 0.3 is 6.09 Å². The maximum Gasteiger partial charge on any atom is 0.415 e. The van der Waals surface area contributed by atoms with Crippen LogP contribution < -0.4 is 4.74 Å². The van der Waals surface area contributed by atoms with E-state index in [-0.39, 0.29) is 17.9 Å². The number of piperidine rings is 1. The van der Waals surface area contributed by atoms with Gasteiger partial charge in [-0.2, -0.15) is 0 Å². The van der Waals surface area contributed by atoms with Gasteiger partial charge in [0.1, 0.15) is 17.8 Å². The first kappa shape index (κ1) is 23.7. The zero-order valence-electron chi connectivity index (χ0n) is 18.4. The van der Waals surface area contributed by atoms with Crippen LogP contribution in [0, 0.1) is 0 Å². The largest absolute Gasteiger partial charge is 0.415 e. The van der Waals surface area contributed by atoms with Gasteiger partial charge in [-0.3, -0.25) is 4.79 Å². The standard InChI is InChI=1S/C26H31NO5/c28-16-8-7-12-22-18-24(29)19-23(13-9-17-31-20-21-10-3-1-4-11-21)27(22)26(30)32-25-14-5-2-6-15-25/h1-6,10-11,14-16,22-23H,7-9,12-13,17-20H2/t22-,23+/m0/s1. The van der Waals surface area contributed by atoms with Crippen molar-refractivity contribution in [3.63, 3.8) is 0 Å². The highest BCUT2D eigenvalue weighted by Gasteiger charge is 2.38. The van der Waals surface area contributed by atoms with Crippen LogP contribution >= 0.6 is 0 Å². The van der Waals surface area contributed by atoms with Crippen molar-refractivity contribution >= 4 is 18.2 Å². The fraction of sp³-hybridized carbons (Fsp3) is 0.423. The highest BCUT2D eigenvalue weighted by Crippen LogP contribution is 2.28. The lowest BCUT2D eigenvalue weighted by molar-refractivity contribution is -0.124. The van der Waals surface area contributed by atoms with Crippen LogP contribution in [0.25, 0.3) is 0 Å². The molecule has 6 heteroatoms. The van der Waals surface area contributed by atoms with Gasteiger partial charge in [0.25, 0.3) is 0 Å². The third kappa shape index (κ3) is 7.31. The van der Waals surface area contributed by atoms with Crippen molar-refractivity contribution in [3.8, 4) is 5.75 Å². The summed E-state index contributed by atoms with van der Waals surface area (Å²) in [5.74, 6) is 0.631. The molecular weight excluding hydrogens is 406 g/mol. The molecule has 2 atom stereocenters. The van der Waals surface area contributed by atoms with Gasteiger partial charge in [0, 0.05) is 38.0 Å². The minimum absolute atomic E-state index is 0.153. The minimum Gasteiger partial charge on any atom is -0.410 e. The number of likely N-dealkylation sites (tertiary alicyclic amines) is 1. The van der Waals surface area contributed by atoms with Crippen molar-refractivity contribution < 1.29 is 23.9 Å². The number of carbonyl (C=O) groups is 3. The second-order valence-corrected chi connectivity index (χ2v) is 8.12. The lowest BCUT2D eigenvalue weighted by atomic mass is 9.89. The topological polar surface area (TPSA) is 72.9 Å². The van der Waals surface area contributed by atoms with Gasteiger partial charge in [0.15, 0.2) is 0 Å². The molecule has 0 bridgehead atoms. The molecular formula is C26H31NO5. The van der Waals surface area contributed by atoms with E-state index in [1.165, 1.54) is 0 Å². The number of amides is 1. The molecule has 0 spiro atoms. The van der Waals surface area contributed by atoms with Crippen LogP contribution in [0.5, 0.6) is 5.75 Å². The Morgan fingerprint density at radius 2 is 1.56 bits per heavy atom. The number of ether oxygens (including phenoxy) is 2. The summed E-state index contributed by atoms with van der Waals surface area (Å²) in [4.78, 5) is 38.0. The molecule has 1 amide bonds. The molecule has 0 radical (unpaired) electrons. The van der Waals surface area contributed by atoms with Crippen LogP contribution in [0.4, 0.5) is 4.79 Å². The van der Waals surface area contributed by atoms with E-state index in [0.717, 1.165) is 18.3 Å². The van der Waals surface area contributed by atoms with Gasteiger partial charge in [-0.1, -0.05) is 48.5 Å². The molecule has 1 fully saturated rings. The number of hydrogen-bond acceptors (Lipinski definition) is 5. The number of hydrogen-bond donors (Lipinski definition) is 0. The molecule has 170 valence electrons. The Kier molecular flexibility index (Phi) is 9.44. The van der Waals surface area contributed by atoms with E-state index in [0.29, 0.717) is 57.5 Å². The predicted molar refractivity (Wildman–Crippen MR) is 121 cm³/mol. The van der Waals surface area contributed by atoms with Crippen LogP contribution in [0.2, 0.25) is 0 Å². The number of benzene rings is 2. The lowest BCUT2D eigenvalue weighted by Gasteiger charge is -2.41. The highest BCUT2D eigenvalue weighted by atomic mass is 16.6. The number of para-hydroxylation sites is 1. The number of ketones is 1. The number of rotatable bonds is 11. The van der Waals surface area contributed by atoms with Crippen molar-refractivity contribution in [1.82, 2.24) is 4.90 Å². The van der Waals surface area contributed by atoms with Crippen molar-refractivity contribution in [2.45, 2.75) is 63.6 Å². The zero-order valence-corrected chi connectivity index (χ0v) is 18.4. The molecule has 0 aliphatic carbocycles. The monoisotopic (exact) mass is 437 g/mol. The van der Waals surface area contributed by atoms with Crippen LogP contribution in [-0.4, -0.2) is 41.8 Å². The van der Waals surface area contributed by atoms with Crippen molar-refractivity contribution in [2.24, 2.45) is 0 Å². The quantitative estimate of drug-likeness (QED) is 0.367. The molecule has 2 aromatic carbocycles. The maximum atomic E-state index is 13.1. The maximum absolute atomic E-state index is 13.1. The second-order valence-electron chi connectivity index (χ2n) is 8.12. The first-order chi connectivity index (χ1) is 15.7. The van der Waals surface area contributed by atoms with Crippen molar-refractivity contribution in [1.29, 1.82) is 0 Å². The molecule has 1 aliphatic heterocycles. The van der Waals surface area contributed by atoms with E-state index < -0.39 is 6.09 Å². The summed E-state index contributed by atoms with van der Waals surface area (Å²) >= 11 is 0. The summed E-state index contributed by atoms with van der Waals surface area (Å²) in [5, 5.41) is 0. The Morgan fingerprint density at radius 3 is 2.22 bits per heavy atom. The Bertz CT molecular complexity index is 855. The molecule has 6 nitrogen and oxygen atoms in total. The van der Waals surface area contributed by atoms with E-state index in [1.807, 2.05) is 48.5 Å². The predicted octanol–water partition coefficient (Wildman–Crippen LogP) is 4.95. The second kappa shape index (κ2) is 12.8. The first-order valence-electron chi connectivity index (χ1n) is 11.3. The SMILES string of the molecule is O=CCCC[C@H]1CC(=O)C[C@@H](CCCOCc2ccccc2)N1C(=O)Oc1ccccc1. The molecule has 32 heavy (non-hydrogen) atoms. The van der Waals surface area contributed by atoms with E-state index in [9.17, 15) is 14.4 Å². The Balaban J connectivity index is 1.60. The molecule has 1 saturated heterocycles. The van der Waals surface area contributed by atoms with Gasteiger partial charge in [0.05, 0.1) is 6.61 Å². The highest BCUT2D eigenvalue weighted by molar-refractivity contribution is 5.83. The number of nitrogens with zero attached hydrogens (tertiary/aromatic N) is 1. The average Bonchev–Trinajstić information content (AvgIpc) is 2.80. The van der Waals surface area contributed by atoms with E-state index >= 15 is 0 Å². The number of carbonyl (C=O) groups excluding carboxylic acids is 3. The molecule has 0 N–H and O–H groups in total. The summed E-state index contributed by atoms with van der Waals surface area (Å²) in [5.41, 5.74) is 1.11. The summed E-state index contributed by atoms with van der Waals surface area (Å²) in [6, 6.07) is 18.4. The van der Waals surface area contributed by atoms with Crippen LogP contribution in [0.3, 0.4) is 0 Å². The van der Waals surface area contributed by atoms with Gasteiger partial charge in [0.2, 0.25) is 0 Å². The normalized spacial score (nSPS) is 18.4. The summed E-state index contributed by atoms with van der Waals surface area (Å²) in [6.45, 7) is 1.09. The Labute approximate surface area is 189 Å². The molecule has 3 rings (SSSR count). The van der Waals surface area contributed by atoms with Gasteiger partial charge in [-0.15, -0.1) is 0 Å². The van der Waals surface area contributed by atoms with Gasteiger partial charge in [-0.05, 0) is 43.4 Å². The Hall–Kier alpha value is -2.99. The van der Waals surface area contributed by atoms with E-state index in [1.54, 1.807) is 17.0 Å². The number of Topliss-reactive ketones (excluding diaryl/α,β-unsaturated/α-hetero) is 1. The fourth-order valence-electron chi connectivity index (χ4n) is 4.15. The van der Waals surface area contributed by atoms with Crippen LogP contribution in [0.15, 0.2) is 60.7 Å². The van der Waals surface area contributed by atoms with Crippen LogP contribution in [0.1, 0.15) is 50.5 Å². The molecule has 0 saturated carbocycles. The smallest absolute Gasteiger partial charge is 0.410 e. The van der Waals surface area contributed by atoms with Crippen molar-refractivity contribution in [3.05, 3.63) is 66.2 Å². The molecule has 1 heterocycles. The van der Waals surface area contributed by atoms with E-state index in [4.69, 9.17) is 9.47 Å². The third-order valence-electron chi connectivity index (χ3n) is 5.67. The number of unbranched alkanes of at least 4 members (excludes halogenated alkanes) is 1. The number of aldehydes is 1. The summed E-state index contributed by atoms with van der Waals surface area (Å²) in [6.07, 6.45) is 4.14. The molecule has 0 aromatic heterocycles. The molecule has 2 aromatic rings. The van der Waals surface area contributed by atoms with E-state index in [2.05, 4.69) is 0 Å².